The van der Waals surface area contributed by atoms with Crippen LogP contribution in [0.15, 0.2) is 33.6 Å². The summed E-state index contributed by atoms with van der Waals surface area (Å²) < 4.78 is 27.8. The standard InChI is InChI=1S/C13H19BrN2O2S/c14-11-4-3-6-13(10-11)19(17,18)16-9-2-1-5-12(16)7-8-15/h3-4,6,10,12H,1-2,5,7-9,15H2. The third-order valence-corrected chi connectivity index (χ3v) is 5.92. The van der Waals surface area contributed by atoms with E-state index in [0.29, 0.717) is 18.0 Å². The van der Waals surface area contributed by atoms with E-state index in [0.717, 1.165) is 30.2 Å². The molecule has 0 saturated carbocycles. The second-order valence-electron chi connectivity index (χ2n) is 4.80. The van der Waals surface area contributed by atoms with Gasteiger partial charge in [0.2, 0.25) is 10.0 Å². The molecule has 0 aromatic heterocycles. The van der Waals surface area contributed by atoms with Crippen LogP contribution < -0.4 is 5.73 Å². The van der Waals surface area contributed by atoms with Crippen LogP contribution in [0.2, 0.25) is 0 Å². The molecule has 1 aromatic carbocycles. The maximum absolute atomic E-state index is 12.7. The van der Waals surface area contributed by atoms with Gasteiger partial charge in [-0.15, -0.1) is 0 Å². The minimum Gasteiger partial charge on any atom is -0.330 e. The average molecular weight is 347 g/mol. The van der Waals surface area contributed by atoms with Crippen molar-refractivity contribution in [2.45, 2.75) is 36.6 Å². The predicted molar refractivity (Wildman–Crippen MR) is 79.3 cm³/mol. The molecule has 2 N–H and O–H groups in total. The van der Waals surface area contributed by atoms with E-state index < -0.39 is 10.0 Å². The Kier molecular flexibility index (Phi) is 5.00. The maximum atomic E-state index is 12.7. The van der Waals surface area contributed by atoms with Crippen LogP contribution in [-0.4, -0.2) is 31.9 Å². The molecule has 6 heteroatoms. The van der Waals surface area contributed by atoms with Gasteiger partial charge < -0.3 is 5.73 Å². The van der Waals surface area contributed by atoms with Gasteiger partial charge in [0.15, 0.2) is 0 Å². The SMILES string of the molecule is NCCC1CCCCN1S(=O)(=O)c1cccc(Br)c1. The van der Waals surface area contributed by atoms with Crippen LogP contribution in [0.1, 0.15) is 25.7 Å². The van der Waals surface area contributed by atoms with Crippen LogP contribution >= 0.6 is 15.9 Å². The summed E-state index contributed by atoms with van der Waals surface area (Å²) in [6, 6.07) is 6.92. The molecular weight excluding hydrogens is 328 g/mol. The Hall–Kier alpha value is -0.430. The summed E-state index contributed by atoms with van der Waals surface area (Å²) >= 11 is 3.32. The van der Waals surface area contributed by atoms with E-state index in [4.69, 9.17) is 5.73 Å². The van der Waals surface area contributed by atoms with Crippen LogP contribution in [0.25, 0.3) is 0 Å². The molecule has 1 aromatic rings. The number of hydrogen-bond donors (Lipinski definition) is 1. The molecule has 2 rings (SSSR count). The van der Waals surface area contributed by atoms with Crippen molar-refractivity contribution in [2.24, 2.45) is 5.73 Å². The lowest BCUT2D eigenvalue weighted by Crippen LogP contribution is -2.44. The number of halogens is 1. The van der Waals surface area contributed by atoms with Gasteiger partial charge in [0.05, 0.1) is 4.90 Å². The molecule has 4 nitrogen and oxygen atoms in total. The van der Waals surface area contributed by atoms with Crippen molar-refractivity contribution < 1.29 is 8.42 Å². The highest BCUT2D eigenvalue weighted by Gasteiger charge is 2.32. The zero-order valence-corrected chi connectivity index (χ0v) is 13.2. The number of sulfonamides is 1. The molecule has 106 valence electrons. The molecule has 1 heterocycles. The molecule has 19 heavy (non-hydrogen) atoms. The van der Waals surface area contributed by atoms with Crippen molar-refractivity contribution in [3.8, 4) is 0 Å². The third-order valence-electron chi connectivity index (χ3n) is 3.48. The highest BCUT2D eigenvalue weighted by molar-refractivity contribution is 9.10. The topological polar surface area (TPSA) is 63.4 Å². The van der Waals surface area contributed by atoms with Gasteiger partial charge >= 0.3 is 0 Å². The van der Waals surface area contributed by atoms with Gasteiger partial charge in [-0.3, -0.25) is 0 Å². The first-order valence-electron chi connectivity index (χ1n) is 6.53. The minimum atomic E-state index is -3.41. The average Bonchev–Trinajstić information content (AvgIpc) is 2.39. The number of piperidine rings is 1. The molecule has 0 aliphatic carbocycles. The Morgan fingerprint density at radius 3 is 2.84 bits per heavy atom. The molecule has 0 amide bonds. The van der Waals surface area contributed by atoms with Gasteiger partial charge in [-0.2, -0.15) is 4.31 Å². The van der Waals surface area contributed by atoms with Gasteiger partial charge in [-0.1, -0.05) is 28.4 Å². The Bertz CT molecular complexity index is 531. The summed E-state index contributed by atoms with van der Waals surface area (Å²) in [5.41, 5.74) is 5.60. The van der Waals surface area contributed by atoms with E-state index in [1.54, 1.807) is 22.5 Å². The number of benzene rings is 1. The first kappa shape index (κ1) is 15.0. The minimum absolute atomic E-state index is 0.0442. The fourth-order valence-electron chi connectivity index (χ4n) is 2.53. The molecule has 0 bridgehead atoms. The third kappa shape index (κ3) is 3.37. The molecule has 1 fully saturated rings. The van der Waals surface area contributed by atoms with Crippen molar-refractivity contribution in [1.29, 1.82) is 0 Å². The lowest BCUT2D eigenvalue weighted by Gasteiger charge is -2.34. The van der Waals surface area contributed by atoms with E-state index >= 15 is 0 Å². The van der Waals surface area contributed by atoms with Crippen LogP contribution in [0.5, 0.6) is 0 Å². The largest absolute Gasteiger partial charge is 0.330 e. The second kappa shape index (κ2) is 6.35. The van der Waals surface area contributed by atoms with E-state index in [1.165, 1.54) is 0 Å². The smallest absolute Gasteiger partial charge is 0.243 e. The Labute approximate surface area is 123 Å². The highest BCUT2D eigenvalue weighted by Crippen LogP contribution is 2.27. The van der Waals surface area contributed by atoms with E-state index in [9.17, 15) is 8.42 Å². The lowest BCUT2D eigenvalue weighted by molar-refractivity contribution is 0.243. The second-order valence-corrected chi connectivity index (χ2v) is 7.61. The summed E-state index contributed by atoms with van der Waals surface area (Å²) in [6.07, 6.45) is 3.64. The Morgan fingerprint density at radius 1 is 1.37 bits per heavy atom. The molecule has 0 spiro atoms. The van der Waals surface area contributed by atoms with Crippen LogP contribution in [-0.2, 0) is 10.0 Å². The fraction of sp³-hybridized carbons (Fsp3) is 0.538. The van der Waals surface area contributed by atoms with Gasteiger partial charge in [0, 0.05) is 17.1 Å². The van der Waals surface area contributed by atoms with Crippen molar-refractivity contribution >= 4 is 26.0 Å². The quantitative estimate of drug-likeness (QED) is 0.909. The number of rotatable bonds is 4. The van der Waals surface area contributed by atoms with E-state index in [1.807, 2.05) is 6.07 Å². The molecule has 1 aliphatic heterocycles. The number of nitrogens with zero attached hydrogens (tertiary/aromatic N) is 1. The summed E-state index contributed by atoms with van der Waals surface area (Å²) in [5.74, 6) is 0. The zero-order chi connectivity index (χ0) is 13.9. The van der Waals surface area contributed by atoms with Crippen LogP contribution in [0.3, 0.4) is 0 Å². The molecule has 1 saturated heterocycles. The molecule has 1 atom stereocenters. The molecular formula is C13H19BrN2O2S. The summed E-state index contributed by atoms with van der Waals surface area (Å²) in [7, 11) is -3.41. The monoisotopic (exact) mass is 346 g/mol. The van der Waals surface area contributed by atoms with Crippen molar-refractivity contribution in [3.05, 3.63) is 28.7 Å². The van der Waals surface area contributed by atoms with Gasteiger partial charge in [-0.25, -0.2) is 8.42 Å². The normalized spacial score (nSPS) is 21.5. The van der Waals surface area contributed by atoms with Gasteiger partial charge in [0.1, 0.15) is 0 Å². The number of hydrogen-bond acceptors (Lipinski definition) is 3. The van der Waals surface area contributed by atoms with Gasteiger partial charge in [0.25, 0.3) is 0 Å². The first-order chi connectivity index (χ1) is 9.05. The number of nitrogens with two attached hydrogens (primary N) is 1. The fourth-order valence-corrected chi connectivity index (χ4v) is 4.85. The van der Waals surface area contributed by atoms with E-state index in [2.05, 4.69) is 15.9 Å². The molecule has 0 radical (unpaired) electrons. The molecule has 1 unspecified atom stereocenters. The van der Waals surface area contributed by atoms with E-state index in [-0.39, 0.29) is 6.04 Å². The van der Waals surface area contributed by atoms with Crippen LogP contribution in [0.4, 0.5) is 0 Å². The van der Waals surface area contributed by atoms with Crippen LogP contribution in [0, 0.1) is 0 Å². The summed E-state index contributed by atoms with van der Waals surface area (Å²) in [5, 5.41) is 0. The molecule has 1 aliphatic rings. The van der Waals surface area contributed by atoms with Gasteiger partial charge in [-0.05, 0) is 44.0 Å². The Balaban J connectivity index is 2.31. The summed E-state index contributed by atoms with van der Waals surface area (Å²) in [4.78, 5) is 0.353. The Morgan fingerprint density at radius 2 is 2.16 bits per heavy atom. The zero-order valence-electron chi connectivity index (χ0n) is 10.8. The maximum Gasteiger partial charge on any atom is 0.243 e. The van der Waals surface area contributed by atoms with Crippen molar-refractivity contribution in [3.63, 3.8) is 0 Å². The van der Waals surface area contributed by atoms with Crippen molar-refractivity contribution in [1.82, 2.24) is 4.31 Å². The first-order valence-corrected chi connectivity index (χ1v) is 8.76. The lowest BCUT2D eigenvalue weighted by atomic mass is 10.0. The van der Waals surface area contributed by atoms with Crippen molar-refractivity contribution in [2.75, 3.05) is 13.1 Å². The highest BCUT2D eigenvalue weighted by atomic mass is 79.9. The predicted octanol–water partition coefficient (Wildman–Crippen LogP) is 2.34. The summed E-state index contributed by atoms with van der Waals surface area (Å²) in [6.45, 7) is 1.12.